The maximum Gasteiger partial charge on any atom is 0.255 e. The van der Waals surface area contributed by atoms with Gasteiger partial charge in [-0.3, -0.25) is 4.79 Å². The number of nitrogens with one attached hydrogen (secondary N) is 1. The van der Waals surface area contributed by atoms with E-state index in [9.17, 15) is 13.2 Å². The van der Waals surface area contributed by atoms with Crippen molar-refractivity contribution >= 4 is 15.9 Å². The molecule has 1 aromatic heterocycles. The summed E-state index contributed by atoms with van der Waals surface area (Å²) in [7, 11) is -3.29. The minimum absolute atomic E-state index is 0.237. The minimum atomic E-state index is -3.29. The van der Waals surface area contributed by atoms with Crippen LogP contribution in [-0.4, -0.2) is 53.8 Å². The fourth-order valence-electron chi connectivity index (χ4n) is 3.98. The maximum atomic E-state index is 13.3. The first-order valence-electron chi connectivity index (χ1n) is 10.7. The molecule has 1 saturated heterocycles. The van der Waals surface area contributed by atoms with Crippen LogP contribution in [0, 0.1) is 13.8 Å². The Balaban J connectivity index is 1.67. The monoisotopic (exact) mass is 452 g/mol. The molecule has 1 fully saturated rings. The molecule has 0 saturated carbocycles. The lowest BCUT2D eigenvalue weighted by atomic mass is 10.0. The van der Waals surface area contributed by atoms with Gasteiger partial charge in [0.1, 0.15) is 5.69 Å². The van der Waals surface area contributed by atoms with Crippen LogP contribution in [0.15, 0.2) is 54.7 Å². The van der Waals surface area contributed by atoms with Crippen molar-refractivity contribution in [2.24, 2.45) is 0 Å². The van der Waals surface area contributed by atoms with E-state index >= 15 is 0 Å². The molecule has 0 aliphatic carbocycles. The normalized spacial score (nSPS) is 17.3. The van der Waals surface area contributed by atoms with Crippen LogP contribution >= 0.6 is 0 Å². The molecule has 1 N–H and O–H groups in total. The van der Waals surface area contributed by atoms with Crippen molar-refractivity contribution in [3.05, 3.63) is 71.4 Å². The number of carbonyl (C=O) groups is 1. The summed E-state index contributed by atoms with van der Waals surface area (Å²) >= 11 is 0. The van der Waals surface area contributed by atoms with Crippen LogP contribution in [0.1, 0.15) is 34.3 Å². The van der Waals surface area contributed by atoms with Gasteiger partial charge in [0.05, 0.1) is 17.5 Å². The second-order valence-corrected chi connectivity index (χ2v) is 10.4. The van der Waals surface area contributed by atoms with Gasteiger partial charge in [0, 0.05) is 30.9 Å². The molecule has 1 unspecified atom stereocenters. The van der Waals surface area contributed by atoms with Gasteiger partial charge < -0.3 is 5.32 Å². The third-order valence-electron chi connectivity index (χ3n) is 5.95. The number of carbonyl (C=O) groups excluding carboxylic acids is 1. The summed E-state index contributed by atoms with van der Waals surface area (Å²) in [5, 5.41) is 7.78. The summed E-state index contributed by atoms with van der Waals surface area (Å²) in [5.41, 5.74) is 5.09. The molecule has 0 spiro atoms. The Bertz CT molecular complexity index is 1240. The highest BCUT2D eigenvalue weighted by Gasteiger charge is 2.28. The Labute approximate surface area is 189 Å². The highest BCUT2D eigenvalue weighted by molar-refractivity contribution is 7.88. The standard InChI is InChI=1S/C24H28N4O3S/c1-17-11-12-19(14-18(17)2)23-22(16-28(26-23)21-9-5-4-6-10-21)24(29)25-20-8-7-13-27(15-20)32(3,30)31/h4-6,9-12,14,16,20H,7-8,13,15H2,1-3H3,(H,25,29). The van der Waals surface area contributed by atoms with Gasteiger partial charge in [-0.25, -0.2) is 17.4 Å². The lowest BCUT2D eigenvalue weighted by Crippen LogP contribution is -2.49. The fraction of sp³-hybridized carbons (Fsp3) is 0.333. The molecule has 0 bridgehead atoms. The number of benzene rings is 2. The van der Waals surface area contributed by atoms with E-state index in [1.807, 2.05) is 62.4 Å². The number of piperidine rings is 1. The number of nitrogens with zero attached hydrogens (tertiary/aromatic N) is 3. The van der Waals surface area contributed by atoms with E-state index in [2.05, 4.69) is 5.32 Å². The van der Waals surface area contributed by atoms with E-state index in [0.717, 1.165) is 23.2 Å². The number of para-hydroxylation sites is 1. The summed E-state index contributed by atoms with van der Waals surface area (Å²) in [6.07, 6.45) is 4.40. The van der Waals surface area contributed by atoms with E-state index in [-0.39, 0.29) is 18.5 Å². The Hall–Kier alpha value is -2.97. The number of aryl methyl sites for hydroxylation is 2. The SMILES string of the molecule is Cc1ccc(-c2nn(-c3ccccc3)cc2C(=O)NC2CCCN(S(C)(=O)=O)C2)cc1C. The van der Waals surface area contributed by atoms with Crippen LogP contribution in [0.5, 0.6) is 0 Å². The van der Waals surface area contributed by atoms with E-state index < -0.39 is 10.0 Å². The number of hydrogen-bond donors (Lipinski definition) is 1. The van der Waals surface area contributed by atoms with Gasteiger partial charge >= 0.3 is 0 Å². The first-order valence-corrected chi connectivity index (χ1v) is 12.6. The highest BCUT2D eigenvalue weighted by Crippen LogP contribution is 2.26. The lowest BCUT2D eigenvalue weighted by Gasteiger charge is -2.31. The molecule has 1 amide bonds. The molecule has 32 heavy (non-hydrogen) atoms. The van der Waals surface area contributed by atoms with E-state index in [0.29, 0.717) is 24.2 Å². The zero-order valence-corrected chi connectivity index (χ0v) is 19.4. The third-order valence-corrected chi connectivity index (χ3v) is 7.22. The van der Waals surface area contributed by atoms with Gasteiger partial charge in [-0.2, -0.15) is 5.10 Å². The van der Waals surface area contributed by atoms with Crippen LogP contribution < -0.4 is 5.32 Å². The van der Waals surface area contributed by atoms with Crippen LogP contribution in [0.2, 0.25) is 0 Å². The zero-order chi connectivity index (χ0) is 22.9. The van der Waals surface area contributed by atoms with E-state index in [4.69, 9.17) is 5.10 Å². The minimum Gasteiger partial charge on any atom is -0.348 e. The van der Waals surface area contributed by atoms with Crippen molar-refractivity contribution in [3.63, 3.8) is 0 Å². The number of aromatic nitrogens is 2. The zero-order valence-electron chi connectivity index (χ0n) is 18.6. The molecule has 4 rings (SSSR count). The van der Waals surface area contributed by atoms with Gasteiger partial charge in [-0.1, -0.05) is 30.3 Å². The Morgan fingerprint density at radius 1 is 1.09 bits per heavy atom. The molecule has 0 radical (unpaired) electrons. The molecule has 7 nitrogen and oxygen atoms in total. The number of rotatable bonds is 5. The molecule has 2 heterocycles. The van der Waals surface area contributed by atoms with Crippen molar-refractivity contribution in [2.45, 2.75) is 32.7 Å². The van der Waals surface area contributed by atoms with Gasteiger partial charge in [0.25, 0.3) is 5.91 Å². The summed E-state index contributed by atoms with van der Waals surface area (Å²) in [5.74, 6) is -0.249. The predicted octanol–water partition coefficient (Wildman–Crippen LogP) is 3.31. The second kappa shape index (κ2) is 8.88. The molecule has 1 aliphatic rings. The van der Waals surface area contributed by atoms with Gasteiger partial charge in [-0.05, 0) is 56.0 Å². The van der Waals surface area contributed by atoms with Crippen LogP contribution in [0.25, 0.3) is 16.9 Å². The molecule has 8 heteroatoms. The van der Waals surface area contributed by atoms with E-state index in [1.165, 1.54) is 16.1 Å². The second-order valence-electron chi connectivity index (χ2n) is 8.40. The molecule has 1 aliphatic heterocycles. The molecular weight excluding hydrogens is 424 g/mol. The predicted molar refractivity (Wildman–Crippen MR) is 125 cm³/mol. The number of amides is 1. The molecule has 3 aromatic rings. The van der Waals surface area contributed by atoms with E-state index in [1.54, 1.807) is 10.9 Å². The van der Waals surface area contributed by atoms with Gasteiger partial charge in [0.2, 0.25) is 10.0 Å². The molecular formula is C24H28N4O3S. The third kappa shape index (κ3) is 4.76. The first-order chi connectivity index (χ1) is 15.2. The Morgan fingerprint density at radius 3 is 2.53 bits per heavy atom. The van der Waals surface area contributed by atoms with Crippen molar-refractivity contribution in [3.8, 4) is 16.9 Å². The summed E-state index contributed by atoms with van der Waals surface area (Å²) < 4.78 is 27.0. The smallest absolute Gasteiger partial charge is 0.255 e. The Kier molecular flexibility index (Phi) is 6.17. The van der Waals surface area contributed by atoms with Crippen molar-refractivity contribution in [1.82, 2.24) is 19.4 Å². The first kappa shape index (κ1) is 22.2. The summed E-state index contributed by atoms with van der Waals surface area (Å²) in [6, 6.07) is 15.5. The number of hydrogen-bond acceptors (Lipinski definition) is 4. The van der Waals surface area contributed by atoms with Crippen molar-refractivity contribution in [1.29, 1.82) is 0 Å². The van der Waals surface area contributed by atoms with Crippen LogP contribution in [0.3, 0.4) is 0 Å². The van der Waals surface area contributed by atoms with Crippen molar-refractivity contribution in [2.75, 3.05) is 19.3 Å². The summed E-state index contributed by atoms with van der Waals surface area (Å²) in [4.78, 5) is 13.3. The fourth-order valence-corrected chi connectivity index (χ4v) is 4.89. The van der Waals surface area contributed by atoms with Crippen LogP contribution in [0.4, 0.5) is 0 Å². The van der Waals surface area contributed by atoms with Crippen LogP contribution in [-0.2, 0) is 10.0 Å². The number of sulfonamides is 1. The van der Waals surface area contributed by atoms with Gasteiger partial charge in [0.15, 0.2) is 0 Å². The molecule has 168 valence electrons. The maximum absolute atomic E-state index is 13.3. The van der Waals surface area contributed by atoms with Crippen molar-refractivity contribution < 1.29 is 13.2 Å². The summed E-state index contributed by atoms with van der Waals surface area (Å²) in [6.45, 7) is 4.86. The largest absolute Gasteiger partial charge is 0.348 e. The molecule has 1 atom stereocenters. The lowest BCUT2D eigenvalue weighted by molar-refractivity contribution is 0.0922. The topological polar surface area (TPSA) is 84.3 Å². The average molecular weight is 453 g/mol. The quantitative estimate of drug-likeness (QED) is 0.644. The highest BCUT2D eigenvalue weighted by atomic mass is 32.2. The van der Waals surface area contributed by atoms with Gasteiger partial charge in [-0.15, -0.1) is 0 Å². The Morgan fingerprint density at radius 2 is 1.84 bits per heavy atom. The molecule has 2 aromatic carbocycles. The average Bonchev–Trinajstić information content (AvgIpc) is 3.22.